The molecule has 21 heavy (non-hydrogen) atoms. The normalized spacial score (nSPS) is 14.2. The Kier molecular flexibility index (Phi) is 3.70. The first kappa shape index (κ1) is 14.1. The number of phenols is 1. The van der Waals surface area contributed by atoms with Crippen molar-refractivity contribution in [3.63, 3.8) is 0 Å². The van der Waals surface area contributed by atoms with Crippen molar-refractivity contribution in [2.45, 2.75) is 26.6 Å². The van der Waals surface area contributed by atoms with Gasteiger partial charge in [-0.3, -0.25) is 9.69 Å². The Labute approximate surface area is 128 Å². The third-order valence-electron chi connectivity index (χ3n) is 3.83. The quantitative estimate of drug-likeness (QED) is 0.878. The molecule has 1 aliphatic rings. The van der Waals surface area contributed by atoms with Crippen LogP contribution in [0.5, 0.6) is 5.75 Å². The molecule has 3 rings (SSSR count). The first-order valence-corrected chi connectivity index (χ1v) is 7.24. The van der Waals surface area contributed by atoms with Crippen LogP contribution in [0.1, 0.15) is 34.0 Å². The van der Waals surface area contributed by atoms with Crippen molar-refractivity contribution in [1.29, 1.82) is 0 Å². The minimum Gasteiger partial charge on any atom is -0.507 e. The number of fused-ring (bicyclic) bond motifs is 1. The Bertz CT molecular complexity index is 687. The number of carbonyl (C=O) groups excluding carboxylic acids is 1. The van der Waals surface area contributed by atoms with Crippen molar-refractivity contribution in [2.24, 2.45) is 0 Å². The average molecular weight is 302 g/mol. The molecule has 0 bridgehead atoms. The number of Topliss-reactive ketones (excluding diaryl/α,β-unsaturated/α-hetero) is 1. The van der Waals surface area contributed by atoms with Gasteiger partial charge in [0, 0.05) is 30.2 Å². The van der Waals surface area contributed by atoms with Crippen molar-refractivity contribution < 1.29 is 9.90 Å². The van der Waals surface area contributed by atoms with Gasteiger partial charge in [-0.05, 0) is 30.2 Å². The molecule has 1 heterocycles. The van der Waals surface area contributed by atoms with Gasteiger partial charge < -0.3 is 5.11 Å². The fourth-order valence-corrected chi connectivity index (χ4v) is 3.04. The van der Waals surface area contributed by atoms with Crippen LogP contribution in [0.15, 0.2) is 36.4 Å². The van der Waals surface area contributed by atoms with E-state index in [1.807, 2.05) is 12.1 Å². The van der Waals surface area contributed by atoms with Crippen LogP contribution in [0.3, 0.4) is 0 Å². The molecule has 2 aromatic rings. The lowest BCUT2D eigenvalue weighted by Gasteiger charge is -2.17. The highest BCUT2D eigenvalue weighted by Gasteiger charge is 2.21. The van der Waals surface area contributed by atoms with Crippen molar-refractivity contribution in [1.82, 2.24) is 4.90 Å². The molecule has 0 radical (unpaired) electrons. The summed E-state index contributed by atoms with van der Waals surface area (Å²) >= 11 is 6.06. The van der Waals surface area contributed by atoms with Crippen LogP contribution < -0.4 is 0 Å². The number of ketones is 1. The summed E-state index contributed by atoms with van der Waals surface area (Å²) in [4.78, 5) is 13.8. The van der Waals surface area contributed by atoms with E-state index in [1.54, 1.807) is 6.07 Å². The van der Waals surface area contributed by atoms with E-state index < -0.39 is 0 Å². The highest BCUT2D eigenvalue weighted by Crippen LogP contribution is 2.31. The Morgan fingerprint density at radius 1 is 1.24 bits per heavy atom. The molecule has 0 saturated heterocycles. The van der Waals surface area contributed by atoms with Crippen LogP contribution in [-0.2, 0) is 19.6 Å². The predicted molar refractivity (Wildman–Crippen MR) is 82.5 cm³/mol. The van der Waals surface area contributed by atoms with Crippen LogP contribution in [0.25, 0.3) is 0 Å². The molecular formula is C17H16ClNO2. The number of halogens is 1. The number of hydrogen-bond donors (Lipinski definition) is 1. The molecule has 4 heteroatoms. The summed E-state index contributed by atoms with van der Waals surface area (Å²) in [6, 6.07) is 11.6. The molecule has 0 saturated carbocycles. The zero-order valence-corrected chi connectivity index (χ0v) is 12.5. The Morgan fingerprint density at radius 2 is 1.86 bits per heavy atom. The molecule has 1 N–H and O–H groups in total. The minimum atomic E-state index is -0.180. The smallest absolute Gasteiger partial charge is 0.163 e. The Hall–Kier alpha value is -1.84. The predicted octanol–water partition coefficient (Wildman–Crippen LogP) is 3.76. The second-order valence-electron chi connectivity index (χ2n) is 5.43. The topological polar surface area (TPSA) is 40.5 Å². The number of benzene rings is 2. The fourth-order valence-electron chi connectivity index (χ4n) is 2.80. The molecule has 0 unspecified atom stereocenters. The SMILES string of the molecule is CC(=O)c1cc(Cl)cc(CN2Cc3ccccc3C2)c1O. The minimum absolute atomic E-state index is 0.0443. The lowest BCUT2D eigenvalue weighted by molar-refractivity contribution is 0.101. The number of hydrogen-bond acceptors (Lipinski definition) is 3. The molecule has 1 aliphatic heterocycles. The number of nitrogens with zero attached hydrogens (tertiary/aromatic N) is 1. The third kappa shape index (κ3) is 2.80. The molecule has 0 atom stereocenters. The summed E-state index contributed by atoms with van der Waals surface area (Å²) in [5.41, 5.74) is 3.60. The Morgan fingerprint density at radius 3 is 2.43 bits per heavy atom. The van der Waals surface area contributed by atoms with Gasteiger partial charge >= 0.3 is 0 Å². The van der Waals surface area contributed by atoms with Gasteiger partial charge in [-0.25, -0.2) is 0 Å². The zero-order chi connectivity index (χ0) is 15.0. The van der Waals surface area contributed by atoms with Crippen LogP contribution >= 0.6 is 11.6 Å². The maximum atomic E-state index is 11.6. The van der Waals surface area contributed by atoms with Gasteiger partial charge in [-0.2, -0.15) is 0 Å². The van der Waals surface area contributed by atoms with E-state index >= 15 is 0 Å². The van der Waals surface area contributed by atoms with E-state index in [9.17, 15) is 9.90 Å². The summed E-state index contributed by atoms with van der Waals surface area (Å²) in [7, 11) is 0. The number of carbonyl (C=O) groups is 1. The van der Waals surface area contributed by atoms with Gasteiger partial charge in [-0.1, -0.05) is 35.9 Å². The molecule has 2 aromatic carbocycles. The molecule has 0 aliphatic carbocycles. The summed E-state index contributed by atoms with van der Waals surface area (Å²) < 4.78 is 0. The van der Waals surface area contributed by atoms with Crippen LogP contribution in [0, 0.1) is 0 Å². The second kappa shape index (κ2) is 5.51. The van der Waals surface area contributed by atoms with Crippen molar-refractivity contribution >= 4 is 17.4 Å². The van der Waals surface area contributed by atoms with E-state index in [0.29, 0.717) is 17.1 Å². The molecule has 3 nitrogen and oxygen atoms in total. The van der Waals surface area contributed by atoms with E-state index in [1.165, 1.54) is 24.1 Å². The first-order chi connectivity index (χ1) is 10.0. The second-order valence-corrected chi connectivity index (χ2v) is 5.87. The van der Waals surface area contributed by atoms with Gasteiger partial charge in [0.15, 0.2) is 5.78 Å². The average Bonchev–Trinajstić information content (AvgIpc) is 2.84. The van der Waals surface area contributed by atoms with Crippen LogP contribution in [0.4, 0.5) is 0 Å². The van der Waals surface area contributed by atoms with Crippen LogP contribution in [0.2, 0.25) is 5.02 Å². The van der Waals surface area contributed by atoms with Crippen molar-refractivity contribution in [2.75, 3.05) is 0 Å². The maximum absolute atomic E-state index is 11.6. The lowest BCUT2D eigenvalue weighted by Crippen LogP contribution is -2.16. The molecule has 0 fully saturated rings. The van der Waals surface area contributed by atoms with Crippen molar-refractivity contribution in [3.8, 4) is 5.75 Å². The number of rotatable bonds is 3. The fraction of sp³-hybridized carbons (Fsp3) is 0.235. The third-order valence-corrected chi connectivity index (χ3v) is 4.05. The molecule has 0 amide bonds. The molecule has 0 aromatic heterocycles. The largest absolute Gasteiger partial charge is 0.507 e. The Balaban J connectivity index is 1.85. The first-order valence-electron chi connectivity index (χ1n) is 6.86. The molecule has 0 spiro atoms. The monoisotopic (exact) mass is 301 g/mol. The lowest BCUT2D eigenvalue weighted by atomic mass is 10.1. The van der Waals surface area contributed by atoms with Gasteiger partial charge in [0.05, 0.1) is 5.56 Å². The van der Waals surface area contributed by atoms with Gasteiger partial charge in [0.25, 0.3) is 0 Å². The van der Waals surface area contributed by atoms with E-state index in [4.69, 9.17) is 11.6 Å². The highest BCUT2D eigenvalue weighted by molar-refractivity contribution is 6.31. The van der Waals surface area contributed by atoms with Crippen LogP contribution in [-0.4, -0.2) is 15.8 Å². The molecular weight excluding hydrogens is 286 g/mol. The van der Waals surface area contributed by atoms with Gasteiger partial charge in [0.1, 0.15) is 5.75 Å². The number of aromatic hydroxyl groups is 1. The van der Waals surface area contributed by atoms with E-state index in [2.05, 4.69) is 17.0 Å². The van der Waals surface area contributed by atoms with E-state index in [0.717, 1.165) is 13.1 Å². The van der Waals surface area contributed by atoms with Gasteiger partial charge in [-0.15, -0.1) is 0 Å². The van der Waals surface area contributed by atoms with Gasteiger partial charge in [0.2, 0.25) is 0 Å². The zero-order valence-electron chi connectivity index (χ0n) is 11.8. The van der Waals surface area contributed by atoms with E-state index in [-0.39, 0.29) is 17.1 Å². The molecule has 108 valence electrons. The van der Waals surface area contributed by atoms with Crippen molar-refractivity contribution in [3.05, 3.63) is 63.7 Å². The maximum Gasteiger partial charge on any atom is 0.163 e. The summed E-state index contributed by atoms with van der Waals surface area (Å²) in [6.07, 6.45) is 0. The summed E-state index contributed by atoms with van der Waals surface area (Å²) in [6.45, 7) is 3.69. The number of phenolic OH excluding ortho intramolecular Hbond substituents is 1. The highest BCUT2D eigenvalue weighted by atomic mass is 35.5. The summed E-state index contributed by atoms with van der Waals surface area (Å²) in [5, 5.41) is 10.7. The summed E-state index contributed by atoms with van der Waals surface area (Å²) in [5.74, 6) is -0.135. The standard InChI is InChI=1S/C17H16ClNO2/c1-11(20)16-7-15(18)6-14(17(16)21)10-19-8-12-4-2-3-5-13(12)9-19/h2-7,21H,8-10H2,1H3.